The van der Waals surface area contributed by atoms with E-state index in [1.54, 1.807) is 24.3 Å². The van der Waals surface area contributed by atoms with Gasteiger partial charge in [0.05, 0.1) is 13.0 Å². The van der Waals surface area contributed by atoms with E-state index in [0.29, 0.717) is 22.9 Å². The fourth-order valence-corrected chi connectivity index (χ4v) is 2.14. The first kappa shape index (κ1) is 16.1. The Labute approximate surface area is 135 Å². The van der Waals surface area contributed by atoms with Gasteiger partial charge in [-0.1, -0.05) is 24.2 Å². The molecule has 0 saturated carbocycles. The van der Waals surface area contributed by atoms with Crippen LogP contribution in [0.15, 0.2) is 60.8 Å². The number of rotatable bonds is 7. The zero-order valence-electron chi connectivity index (χ0n) is 12.4. The monoisotopic (exact) mass is 315 g/mol. The maximum absolute atomic E-state index is 12.2. The number of halogens is 1. The molecular weight excluding hydrogens is 298 g/mol. The smallest absolute Gasteiger partial charge is 0.168 e. The molecule has 0 heterocycles. The number of carbonyl (C=O) groups excluding carboxylic acids is 1. The molecule has 22 heavy (non-hydrogen) atoms. The lowest BCUT2D eigenvalue weighted by Crippen LogP contribution is -2.06. The Morgan fingerprint density at radius 1 is 1.23 bits per heavy atom. The molecule has 0 spiro atoms. The van der Waals surface area contributed by atoms with Crippen molar-refractivity contribution in [2.75, 3.05) is 11.9 Å². The molecule has 0 unspecified atom stereocenters. The first-order valence-corrected chi connectivity index (χ1v) is 7.42. The molecule has 4 heteroatoms. The standard InChI is InChI=1S/C18H18ClNO2/c1-3-22-17-6-4-5-16(12-17)20-13(2)11-18(21)14-7-9-15(19)10-8-14/h4-10,12,20H,2-3,11H2,1H3. The quantitative estimate of drug-likeness (QED) is 0.736. The summed E-state index contributed by atoms with van der Waals surface area (Å²) in [7, 11) is 0. The molecule has 0 aliphatic heterocycles. The summed E-state index contributed by atoms with van der Waals surface area (Å²) < 4.78 is 5.44. The van der Waals surface area contributed by atoms with Crippen molar-refractivity contribution < 1.29 is 9.53 Å². The Kier molecular flexibility index (Phi) is 5.61. The lowest BCUT2D eigenvalue weighted by molar-refractivity contribution is 0.0993. The SMILES string of the molecule is C=C(CC(=O)c1ccc(Cl)cc1)Nc1cccc(OCC)c1. The van der Waals surface area contributed by atoms with Crippen molar-refractivity contribution >= 4 is 23.1 Å². The highest BCUT2D eigenvalue weighted by Crippen LogP contribution is 2.20. The van der Waals surface area contributed by atoms with Crippen LogP contribution in [0.1, 0.15) is 23.7 Å². The van der Waals surface area contributed by atoms with Gasteiger partial charge in [-0.2, -0.15) is 0 Å². The topological polar surface area (TPSA) is 38.3 Å². The lowest BCUT2D eigenvalue weighted by Gasteiger charge is -2.11. The van der Waals surface area contributed by atoms with Gasteiger partial charge in [-0.25, -0.2) is 0 Å². The van der Waals surface area contributed by atoms with Crippen LogP contribution in [0.5, 0.6) is 5.75 Å². The molecule has 114 valence electrons. The fraction of sp³-hybridized carbons (Fsp3) is 0.167. The van der Waals surface area contributed by atoms with E-state index in [4.69, 9.17) is 16.3 Å². The van der Waals surface area contributed by atoms with Gasteiger partial charge in [0.15, 0.2) is 5.78 Å². The van der Waals surface area contributed by atoms with Crippen molar-refractivity contribution in [3.63, 3.8) is 0 Å². The third-order valence-electron chi connectivity index (χ3n) is 3.01. The Morgan fingerprint density at radius 2 is 1.95 bits per heavy atom. The van der Waals surface area contributed by atoms with Gasteiger partial charge in [0, 0.05) is 28.0 Å². The van der Waals surface area contributed by atoms with E-state index in [9.17, 15) is 4.79 Å². The molecule has 0 atom stereocenters. The van der Waals surface area contributed by atoms with Crippen LogP contribution < -0.4 is 10.1 Å². The summed E-state index contributed by atoms with van der Waals surface area (Å²) in [6, 6.07) is 14.4. The van der Waals surface area contributed by atoms with Gasteiger partial charge in [0.2, 0.25) is 0 Å². The molecule has 0 radical (unpaired) electrons. The highest BCUT2D eigenvalue weighted by atomic mass is 35.5. The number of nitrogens with one attached hydrogen (secondary N) is 1. The average Bonchev–Trinajstić information content (AvgIpc) is 2.48. The van der Waals surface area contributed by atoms with Gasteiger partial charge >= 0.3 is 0 Å². The Balaban J connectivity index is 1.96. The van der Waals surface area contributed by atoms with Crippen molar-refractivity contribution in [2.24, 2.45) is 0 Å². The third kappa shape index (κ3) is 4.64. The van der Waals surface area contributed by atoms with Crippen molar-refractivity contribution in [1.82, 2.24) is 0 Å². The molecule has 0 aliphatic carbocycles. The zero-order valence-corrected chi connectivity index (χ0v) is 13.2. The van der Waals surface area contributed by atoms with Gasteiger partial charge in [0.25, 0.3) is 0 Å². The molecule has 1 N–H and O–H groups in total. The number of ether oxygens (including phenoxy) is 1. The van der Waals surface area contributed by atoms with Crippen LogP contribution in [0.25, 0.3) is 0 Å². The minimum atomic E-state index is -0.00451. The summed E-state index contributed by atoms with van der Waals surface area (Å²) in [5, 5.41) is 3.74. The second-order valence-corrected chi connectivity index (χ2v) is 5.23. The molecule has 2 aromatic carbocycles. The Bertz CT molecular complexity index is 665. The van der Waals surface area contributed by atoms with E-state index in [2.05, 4.69) is 11.9 Å². The van der Waals surface area contributed by atoms with E-state index in [1.165, 1.54) is 0 Å². The van der Waals surface area contributed by atoms with Gasteiger partial charge in [-0.05, 0) is 43.3 Å². The first-order chi connectivity index (χ1) is 10.6. The summed E-state index contributed by atoms with van der Waals surface area (Å²) in [4.78, 5) is 12.2. The van der Waals surface area contributed by atoms with Crippen molar-refractivity contribution in [2.45, 2.75) is 13.3 Å². The predicted molar refractivity (Wildman–Crippen MR) is 90.8 cm³/mol. The molecule has 0 saturated heterocycles. The third-order valence-corrected chi connectivity index (χ3v) is 3.26. The van der Waals surface area contributed by atoms with Crippen LogP contribution in [0.2, 0.25) is 5.02 Å². The minimum Gasteiger partial charge on any atom is -0.494 e. The minimum absolute atomic E-state index is 0.00451. The Hall–Kier alpha value is -2.26. The summed E-state index contributed by atoms with van der Waals surface area (Å²) in [5.41, 5.74) is 2.10. The molecule has 0 aromatic heterocycles. The number of ketones is 1. The largest absolute Gasteiger partial charge is 0.494 e. The molecule has 0 aliphatic rings. The second-order valence-electron chi connectivity index (χ2n) is 4.80. The highest BCUT2D eigenvalue weighted by molar-refractivity contribution is 6.30. The lowest BCUT2D eigenvalue weighted by atomic mass is 10.1. The maximum Gasteiger partial charge on any atom is 0.168 e. The van der Waals surface area contributed by atoms with Gasteiger partial charge < -0.3 is 10.1 Å². The van der Waals surface area contributed by atoms with E-state index < -0.39 is 0 Å². The van der Waals surface area contributed by atoms with Crippen molar-refractivity contribution in [1.29, 1.82) is 0 Å². The van der Waals surface area contributed by atoms with Crippen LogP contribution >= 0.6 is 11.6 Å². The fourth-order valence-electron chi connectivity index (χ4n) is 2.01. The average molecular weight is 316 g/mol. The van der Waals surface area contributed by atoms with Crippen LogP contribution in [0, 0.1) is 0 Å². The summed E-state index contributed by atoms with van der Waals surface area (Å²) >= 11 is 5.82. The molecule has 0 bridgehead atoms. The summed E-state index contributed by atoms with van der Waals surface area (Å²) in [6.45, 7) is 6.45. The van der Waals surface area contributed by atoms with Crippen molar-refractivity contribution in [3.8, 4) is 5.75 Å². The van der Waals surface area contributed by atoms with E-state index in [1.807, 2.05) is 31.2 Å². The number of benzene rings is 2. The molecule has 2 rings (SSSR count). The predicted octanol–water partition coefficient (Wildman–Crippen LogP) is 4.94. The van der Waals surface area contributed by atoms with Crippen LogP contribution in [0.4, 0.5) is 5.69 Å². The molecule has 2 aromatic rings. The summed E-state index contributed by atoms with van der Waals surface area (Å²) in [5.74, 6) is 0.777. The normalized spacial score (nSPS) is 10.1. The van der Waals surface area contributed by atoms with E-state index in [-0.39, 0.29) is 12.2 Å². The number of hydrogen-bond donors (Lipinski definition) is 1. The van der Waals surface area contributed by atoms with Gasteiger partial charge in [0.1, 0.15) is 5.75 Å². The molecular formula is C18H18ClNO2. The Morgan fingerprint density at radius 3 is 2.64 bits per heavy atom. The van der Waals surface area contributed by atoms with E-state index >= 15 is 0 Å². The number of carbonyl (C=O) groups is 1. The maximum atomic E-state index is 12.2. The number of anilines is 1. The van der Waals surface area contributed by atoms with Crippen molar-refractivity contribution in [3.05, 3.63) is 71.4 Å². The zero-order chi connectivity index (χ0) is 15.9. The highest BCUT2D eigenvalue weighted by Gasteiger charge is 2.08. The van der Waals surface area contributed by atoms with Gasteiger partial charge in [-0.15, -0.1) is 0 Å². The number of Topliss-reactive ketones (excluding diaryl/α,β-unsaturated/α-hetero) is 1. The molecule has 3 nitrogen and oxygen atoms in total. The molecule has 0 fully saturated rings. The summed E-state index contributed by atoms with van der Waals surface area (Å²) in [6.07, 6.45) is 0.223. The van der Waals surface area contributed by atoms with Crippen LogP contribution in [0.3, 0.4) is 0 Å². The number of hydrogen-bond acceptors (Lipinski definition) is 3. The van der Waals surface area contributed by atoms with Crippen LogP contribution in [-0.2, 0) is 0 Å². The van der Waals surface area contributed by atoms with Gasteiger partial charge in [-0.3, -0.25) is 4.79 Å². The second kappa shape index (κ2) is 7.66. The van der Waals surface area contributed by atoms with E-state index in [0.717, 1.165) is 11.4 Å². The molecule has 0 amide bonds. The number of allylic oxidation sites excluding steroid dienone is 1. The van der Waals surface area contributed by atoms with Crippen LogP contribution in [-0.4, -0.2) is 12.4 Å². The first-order valence-electron chi connectivity index (χ1n) is 7.05.